The number of rotatable bonds is 3. The minimum atomic E-state index is 0.885. The van der Waals surface area contributed by atoms with Crippen LogP contribution in [0.25, 0.3) is 0 Å². The monoisotopic (exact) mass is 283 g/mol. The molecular formula is C18H21NS. The fourth-order valence-electron chi connectivity index (χ4n) is 1.95. The van der Waals surface area contributed by atoms with Gasteiger partial charge in [-0.1, -0.05) is 36.5 Å². The van der Waals surface area contributed by atoms with Crippen molar-refractivity contribution in [2.75, 3.05) is 0 Å². The Hall–Kier alpha value is -1.64. The maximum atomic E-state index is 8.76. The number of thiocyanates is 1. The minimum absolute atomic E-state index is 0.885. The predicted octanol–water partition coefficient (Wildman–Crippen LogP) is 5.50. The van der Waals surface area contributed by atoms with E-state index in [-0.39, 0.29) is 0 Å². The molecule has 0 fully saturated rings. The third-order valence-electron chi connectivity index (χ3n) is 3.14. The number of hydrogen-bond acceptors (Lipinski definition) is 2. The van der Waals surface area contributed by atoms with E-state index in [2.05, 4.69) is 49.3 Å². The highest BCUT2D eigenvalue weighted by molar-refractivity contribution is 8.07. The molecule has 1 nitrogen and oxygen atoms in total. The second kappa shape index (κ2) is 8.51. The maximum absolute atomic E-state index is 8.76. The molecule has 0 aromatic heterocycles. The first-order valence-electron chi connectivity index (χ1n) is 6.89. The first-order valence-corrected chi connectivity index (χ1v) is 7.70. The van der Waals surface area contributed by atoms with Crippen LogP contribution in [0, 0.1) is 22.5 Å². The van der Waals surface area contributed by atoms with Crippen LogP contribution in [0.4, 0.5) is 0 Å². The van der Waals surface area contributed by atoms with Gasteiger partial charge < -0.3 is 0 Å². The number of nitriles is 1. The van der Waals surface area contributed by atoms with E-state index in [0.717, 1.165) is 35.3 Å². The molecular weight excluding hydrogens is 262 g/mol. The molecule has 1 rings (SSSR count). The summed E-state index contributed by atoms with van der Waals surface area (Å²) < 4.78 is 0. The molecule has 0 radical (unpaired) electrons. The van der Waals surface area contributed by atoms with Gasteiger partial charge in [-0.2, -0.15) is 5.26 Å². The van der Waals surface area contributed by atoms with E-state index in [1.54, 1.807) is 0 Å². The lowest BCUT2D eigenvalue weighted by atomic mass is 10.00. The van der Waals surface area contributed by atoms with Gasteiger partial charge >= 0.3 is 0 Å². The average Bonchev–Trinajstić information content (AvgIpc) is 2.44. The molecule has 0 saturated heterocycles. The molecule has 104 valence electrons. The van der Waals surface area contributed by atoms with Gasteiger partial charge in [-0.05, 0) is 69.0 Å². The molecule has 0 heterocycles. The summed E-state index contributed by atoms with van der Waals surface area (Å²) in [6, 6.07) is 0. The van der Waals surface area contributed by atoms with Crippen molar-refractivity contribution in [3.05, 3.63) is 45.4 Å². The first kappa shape index (κ1) is 16.4. The third kappa shape index (κ3) is 5.55. The van der Waals surface area contributed by atoms with E-state index in [1.165, 1.54) is 22.9 Å². The van der Waals surface area contributed by atoms with E-state index in [4.69, 9.17) is 5.26 Å². The number of hydrogen-bond donors (Lipinski definition) is 0. The van der Waals surface area contributed by atoms with E-state index in [9.17, 15) is 0 Å². The van der Waals surface area contributed by atoms with Crippen molar-refractivity contribution in [3.8, 4) is 17.2 Å². The van der Waals surface area contributed by atoms with Crippen LogP contribution in [0.3, 0.4) is 0 Å². The molecule has 0 atom stereocenters. The Morgan fingerprint density at radius 3 is 2.65 bits per heavy atom. The summed E-state index contributed by atoms with van der Waals surface area (Å²) in [6.07, 6.45) is 9.38. The topological polar surface area (TPSA) is 23.8 Å². The minimum Gasteiger partial charge on any atom is -0.185 e. The Morgan fingerprint density at radius 2 is 2.10 bits per heavy atom. The Balaban J connectivity index is 2.84. The second-order valence-electron chi connectivity index (χ2n) is 4.94. The van der Waals surface area contributed by atoms with Crippen LogP contribution in [-0.2, 0) is 0 Å². The van der Waals surface area contributed by atoms with E-state index in [1.807, 2.05) is 13.8 Å². The van der Waals surface area contributed by atoms with Gasteiger partial charge in [-0.25, -0.2) is 0 Å². The zero-order chi connectivity index (χ0) is 15.0. The summed E-state index contributed by atoms with van der Waals surface area (Å²) >= 11 is 1.25. The summed E-state index contributed by atoms with van der Waals surface area (Å²) in [5.41, 5.74) is 4.80. The molecule has 0 unspecified atom stereocenters. The fraction of sp³-hybridized carbons (Fsp3) is 0.389. The molecule has 0 N–H and O–H groups in total. The van der Waals surface area contributed by atoms with Crippen LogP contribution >= 0.6 is 11.8 Å². The molecule has 0 spiro atoms. The lowest BCUT2D eigenvalue weighted by molar-refractivity contribution is 0.934. The summed E-state index contributed by atoms with van der Waals surface area (Å²) in [5, 5.41) is 10.9. The smallest absolute Gasteiger partial charge is 0.138 e. The lowest BCUT2D eigenvalue weighted by Crippen LogP contribution is -1.88. The normalized spacial score (nSPS) is 16.2. The molecule has 0 aromatic carbocycles. The number of thioether (sulfide) groups is 1. The molecule has 0 amide bonds. The van der Waals surface area contributed by atoms with Crippen molar-refractivity contribution in [2.24, 2.45) is 0 Å². The summed E-state index contributed by atoms with van der Waals surface area (Å²) in [5.74, 6) is 6.45. The first-order chi connectivity index (χ1) is 9.56. The van der Waals surface area contributed by atoms with Crippen molar-refractivity contribution in [2.45, 2.75) is 47.0 Å². The van der Waals surface area contributed by atoms with Crippen LogP contribution in [-0.4, -0.2) is 0 Å². The Morgan fingerprint density at radius 1 is 1.35 bits per heavy atom. The maximum Gasteiger partial charge on any atom is 0.138 e. The summed E-state index contributed by atoms with van der Waals surface area (Å²) in [7, 11) is 0. The Bertz CT molecular complexity index is 583. The van der Waals surface area contributed by atoms with Crippen LogP contribution in [0.15, 0.2) is 45.4 Å². The molecule has 0 aliphatic heterocycles. The fourth-order valence-corrected chi connectivity index (χ4v) is 2.43. The molecule has 1 aliphatic carbocycles. The van der Waals surface area contributed by atoms with Crippen molar-refractivity contribution < 1.29 is 0 Å². The average molecular weight is 283 g/mol. The second-order valence-corrected chi connectivity index (χ2v) is 5.81. The van der Waals surface area contributed by atoms with Crippen LogP contribution in [0.1, 0.15) is 47.0 Å². The van der Waals surface area contributed by atoms with Gasteiger partial charge in [0.25, 0.3) is 0 Å². The van der Waals surface area contributed by atoms with Gasteiger partial charge in [-0.15, -0.1) is 0 Å². The summed E-state index contributed by atoms with van der Waals surface area (Å²) in [6.45, 7) is 8.28. The quantitative estimate of drug-likeness (QED) is 0.388. The van der Waals surface area contributed by atoms with Crippen molar-refractivity contribution in [1.82, 2.24) is 0 Å². The van der Waals surface area contributed by atoms with Crippen molar-refractivity contribution in [1.29, 1.82) is 5.26 Å². The zero-order valence-corrected chi connectivity index (χ0v) is 13.5. The highest BCUT2D eigenvalue weighted by Gasteiger charge is 2.01. The number of allylic oxidation sites excluding steroid dienone is 8. The third-order valence-corrected chi connectivity index (χ3v) is 4.09. The van der Waals surface area contributed by atoms with Gasteiger partial charge in [0.2, 0.25) is 0 Å². The van der Waals surface area contributed by atoms with E-state index < -0.39 is 0 Å². The molecule has 0 aromatic rings. The highest BCUT2D eigenvalue weighted by atomic mass is 32.2. The van der Waals surface area contributed by atoms with Crippen LogP contribution < -0.4 is 0 Å². The Kier molecular flexibility index (Phi) is 6.99. The lowest BCUT2D eigenvalue weighted by Gasteiger charge is -2.05. The SMILES string of the molecule is CC/C(SC#N)=C(C)\C=C(/C)C#CC1=CC=C(C)CC1. The van der Waals surface area contributed by atoms with Crippen LogP contribution in [0.2, 0.25) is 0 Å². The van der Waals surface area contributed by atoms with Gasteiger partial charge in [0, 0.05) is 10.5 Å². The number of nitrogens with zero attached hydrogens (tertiary/aromatic N) is 1. The Labute approximate surface area is 127 Å². The van der Waals surface area contributed by atoms with Gasteiger partial charge in [0.1, 0.15) is 5.40 Å². The molecule has 20 heavy (non-hydrogen) atoms. The van der Waals surface area contributed by atoms with Gasteiger partial charge in [-0.3, -0.25) is 0 Å². The van der Waals surface area contributed by atoms with E-state index in [0.29, 0.717) is 0 Å². The predicted molar refractivity (Wildman–Crippen MR) is 88.8 cm³/mol. The van der Waals surface area contributed by atoms with E-state index >= 15 is 0 Å². The van der Waals surface area contributed by atoms with Crippen molar-refractivity contribution in [3.63, 3.8) is 0 Å². The van der Waals surface area contributed by atoms with Crippen LogP contribution in [0.5, 0.6) is 0 Å². The molecule has 2 heteroatoms. The van der Waals surface area contributed by atoms with Crippen molar-refractivity contribution >= 4 is 11.8 Å². The van der Waals surface area contributed by atoms with Gasteiger partial charge in [0.05, 0.1) is 0 Å². The molecule has 1 aliphatic rings. The summed E-state index contributed by atoms with van der Waals surface area (Å²) in [4.78, 5) is 1.11. The standard InChI is InChI=1S/C18H21NS/c1-5-18(20-13-19)16(4)12-15(3)8-11-17-9-6-14(2)7-10-17/h6,9,12H,5,7,10H2,1-4H3/b15-12+,18-16+. The van der Waals surface area contributed by atoms with Gasteiger partial charge in [0.15, 0.2) is 0 Å². The highest BCUT2D eigenvalue weighted by Crippen LogP contribution is 2.23. The zero-order valence-electron chi connectivity index (χ0n) is 12.7. The molecule has 0 bridgehead atoms. The molecule has 0 saturated carbocycles. The largest absolute Gasteiger partial charge is 0.185 e.